The Hall–Kier alpha value is -2.66. The summed E-state index contributed by atoms with van der Waals surface area (Å²) in [5, 5.41) is 19.5. The first-order chi connectivity index (χ1) is 11.9. The van der Waals surface area contributed by atoms with Crippen LogP contribution < -0.4 is 9.47 Å². The van der Waals surface area contributed by atoms with Crippen LogP contribution in [0.3, 0.4) is 0 Å². The first-order valence-electron chi connectivity index (χ1n) is 7.69. The lowest BCUT2D eigenvalue weighted by molar-refractivity contribution is -0.135. The predicted octanol–water partition coefficient (Wildman–Crippen LogP) is 2.54. The number of alkyl halides is 2. The molecule has 1 atom stereocenters. The highest BCUT2D eigenvalue weighted by Crippen LogP contribution is 2.43. The predicted molar refractivity (Wildman–Crippen MR) is 86.2 cm³/mol. The Bertz CT molecular complexity index is 851. The number of nitrogens with zero attached hydrogens (tertiary/aromatic N) is 3. The van der Waals surface area contributed by atoms with Gasteiger partial charge in [0.25, 0.3) is 5.92 Å². The van der Waals surface area contributed by atoms with Gasteiger partial charge in [-0.1, -0.05) is 0 Å². The van der Waals surface area contributed by atoms with Gasteiger partial charge in [-0.25, -0.2) is 8.78 Å². The summed E-state index contributed by atoms with van der Waals surface area (Å²) in [5.74, 6) is -3.26. The molecule has 0 bridgehead atoms. The summed E-state index contributed by atoms with van der Waals surface area (Å²) in [6, 6.07) is 4.91. The minimum atomic E-state index is -3.06. The van der Waals surface area contributed by atoms with E-state index < -0.39 is 18.6 Å². The van der Waals surface area contributed by atoms with E-state index in [1.54, 1.807) is 13.1 Å². The molecule has 132 valence electrons. The SMILES string of the molecule is COc1ccc2ncc(C#N)c(O)c2c1O[C@@H]1CCN(C)CC1(F)F. The molecule has 1 N–H and O–H groups in total. The molecule has 1 saturated heterocycles. The fourth-order valence-electron chi connectivity index (χ4n) is 2.96. The second-order valence-electron chi connectivity index (χ2n) is 6.02. The number of aromatic hydroxyl groups is 1. The van der Waals surface area contributed by atoms with Crippen molar-refractivity contribution < 1.29 is 23.4 Å². The fourth-order valence-corrected chi connectivity index (χ4v) is 2.96. The molecule has 0 amide bonds. The zero-order valence-corrected chi connectivity index (χ0v) is 13.8. The van der Waals surface area contributed by atoms with Gasteiger partial charge in [0.15, 0.2) is 17.6 Å². The topological polar surface area (TPSA) is 78.6 Å². The number of halogens is 2. The van der Waals surface area contributed by atoms with Gasteiger partial charge in [-0.2, -0.15) is 5.26 Å². The van der Waals surface area contributed by atoms with E-state index in [1.807, 2.05) is 6.07 Å². The van der Waals surface area contributed by atoms with Crippen LogP contribution in [0.1, 0.15) is 12.0 Å². The minimum Gasteiger partial charge on any atom is -0.506 e. The molecule has 1 aliphatic heterocycles. The lowest BCUT2D eigenvalue weighted by Gasteiger charge is -2.36. The Morgan fingerprint density at radius 1 is 1.44 bits per heavy atom. The summed E-state index contributed by atoms with van der Waals surface area (Å²) in [5.41, 5.74) is 0.254. The lowest BCUT2D eigenvalue weighted by Crippen LogP contribution is -2.52. The molecule has 0 saturated carbocycles. The molecule has 1 fully saturated rings. The Balaban J connectivity index is 2.12. The zero-order chi connectivity index (χ0) is 18.2. The third-order valence-corrected chi connectivity index (χ3v) is 4.25. The zero-order valence-electron chi connectivity index (χ0n) is 13.8. The van der Waals surface area contributed by atoms with Gasteiger partial charge in [0.05, 0.1) is 24.6 Å². The molecule has 0 spiro atoms. The smallest absolute Gasteiger partial charge is 0.296 e. The van der Waals surface area contributed by atoms with Crippen LogP contribution in [-0.2, 0) is 0 Å². The van der Waals surface area contributed by atoms with E-state index in [4.69, 9.17) is 14.7 Å². The maximum absolute atomic E-state index is 14.3. The molecular formula is C17H17F2N3O3. The van der Waals surface area contributed by atoms with E-state index in [1.165, 1.54) is 24.3 Å². The van der Waals surface area contributed by atoms with E-state index in [2.05, 4.69) is 4.98 Å². The highest BCUT2D eigenvalue weighted by atomic mass is 19.3. The number of rotatable bonds is 3. The number of ether oxygens (including phenoxy) is 2. The molecule has 6 nitrogen and oxygen atoms in total. The summed E-state index contributed by atoms with van der Waals surface area (Å²) < 4.78 is 39.5. The van der Waals surface area contributed by atoms with Crippen LogP contribution in [0.5, 0.6) is 17.2 Å². The van der Waals surface area contributed by atoms with Gasteiger partial charge in [0, 0.05) is 19.2 Å². The molecule has 8 heteroatoms. The Morgan fingerprint density at radius 3 is 2.84 bits per heavy atom. The summed E-state index contributed by atoms with van der Waals surface area (Å²) in [7, 11) is 3.00. The monoisotopic (exact) mass is 349 g/mol. The Kier molecular flexibility index (Phi) is 4.35. The van der Waals surface area contributed by atoms with Crippen LogP contribution in [0, 0.1) is 11.3 Å². The fraction of sp³-hybridized carbons (Fsp3) is 0.412. The van der Waals surface area contributed by atoms with Gasteiger partial charge < -0.3 is 19.5 Å². The van der Waals surface area contributed by atoms with Crippen molar-refractivity contribution in [2.45, 2.75) is 18.4 Å². The first kappa shape index (κ1) is 17.2. The molecule has 2 aromatic rings. The van der Waals surface area contributed by atoms with E-state index in [0.29, 0.717) is 12.1 Å². The van der Waals surface area contributed by atoms with Gasteiger partial charge >= 0.3 is 0 Å². The Labute approximate surface area is 143 Å². The molecule has 1 aromatic carbocycles. The second kappa shape index (κ2) is 6.33. The number of fused-ring (bicyclic) bond motifs is 1. The van der Waals surface area contributed by atoms with E-state index in [9.17, 15) is 13.9 Å². The standard InChI is InChI=1S/C17H17F2N3O3/c1-22-6-5-13(17(18,19)9-22)25-16-12(24-2)4-3-11-14(16)15(23)10(7-20)8-21-11/h3-4,8,13H,5-6,9H2,1-2H3,(H,21,23)/t13-/m1/s1. The molecule has 3 rings (SSSR count). The molecule has 0 unspecified atom stereocenters. The average Bonchev–Trinajstić information content (AvgIpc) is 2.57. The summed E-state index contributed by atoms with van der Waals surface area (Å²) in [6.45, 7) is 0.0411. The van der Waals surface area contributed by atoms with Crippen molar-refractivity contribution in [2.75, 3.05) is 27.2 Å². The van der Waals surface area contributed by atoms with Gasteiger partial charge in [-0.05, 0) is 19.2 Å². The molecule has 2 heterocycles. The highest BCUT2D eigenvalue weighted by molar-refractivity contribution is 5.94. The minimum absolute atomic E-state index is 0.0312. The average molecular weight is 349 g/mol. The van der Waals surface area contributed by atoms with Gasteiger partial charge in [0.2, 0.25) is 0 Å². The third kappa shape index (κ3) is 3.03. The molecular weight excluding hydrogens is 332 g/mol. The molecule has 0 radical (unpaired) electrons. The van der Waals surface area contributed by atoms with Crippen molar-refractivity contribution in [3.8, 4) is 23.3 Å². The van der Waals surface area contributed by atoms with Crippen LogP contribution >= 0.6 is 0 Å². The van der Waals surface area contributed by atoms with Crippen LogP contribution in [0.2, 0.25) is 0 Å². The number of likely N-dealkylation sites (tertiary alicyclic amines) is 1. The van der Waals surface area contributed by atoms with Crippen LogP contribution in [0.15, 0.2) is 18.3 Å². The van der Waals surface area contributed by atoms with Crippen molar-refractivity contribution in [3.63, 3.8) is 0 Å². The number of pyridine rings is 1. The first-order valence-corrected chi connectivity index (χ1v) is 7.69. The van der Waals surface area contributed by atoms with Crippen LogP contribution in [0.25, 0.3) is 10.9 Å². The van der Waals surface area contributed by atoms with Crippen molar-refractivity contribution in [1.29, 1.82) is 5.26 Å². The van der Waals surface area contributed by atoms with Gasteiger partial charge in [0.1, 0.15) is 17.4 Å². The molecule has 25 heavy (non-hydrogen) atoms. The van der Waals surface area contributed by atoms with E-state index >= 15 is 0 Å². The normalized spacial score (nSPS) is 20.2. The molecule has 1 aromatic heterocycles. The van der Waals surface area contributed by atoms with Crippen molar-refractivity contribution >= 4 is 10.9 Å². The highest BCUT2D eigenvalue weighted by Gasteiger charge is 2.46. The van der Waals surface area contributed by atoms with Crippen molar-refractivity contribution in [2.24, 2.45) is 0 Å². The molecule has 0 aliphatic carbocycles. The lowest BCUT2D eigenvalue weighted by atomic mass is 10.0. The number of hydrogen-bond acceptors (Lipinski definition) is 6. The van der Waals surface area contributed by atoms with Crippen molar-refractivity contribution in [3.05, 3.63) is 23.9 Å². The number of hydrogen-bond donors (Lipinski definition) is 1. The number of nitriles is 1. The third-order valence-electron chi connectivity index (χ3n) is 4.25. The maximum Gasteiger partial charge on any atom is 0.296 e. The quantitative estimate of drug-likeness (QED) is 0.917. The van der Waals surface area contributed by atoms with Crippen LogP contribution in [-0.4, -0.2) is 54.3 Å². The summed E-state index contributed by atoms with van der Waals surface area (Å²) in [4.78, 5) is 5.61. The maximum atomic E-state index is 14.3. The van der Waals surface area contributed by atoms with E-state index in [0.717, 1.165) is 0 Å². The number of benzene rings is 1. The summed E-state index contributed by atoms with van der Waals surface area (Å²) >= 11 is 0. The summed E-state index contributed by atoms with van der Waals surface area (Å²) in [6.07, 6.45) is -0.0267. The van der Waals surface area contributed by atoms with E-state index in [-0.39, 0.29) is 34.6 Å². The van der Waals surface area contributed by atoms with Gasteiger partial charge in [-0.3, -0.25) is 4.98 Å². The second-order valence-corrected chi connectivity index (χ2v) is 6.02. The van der Waals surface area contributed by atoms with Crippen LogP contribution in [0.4, 0.5) is 8.78 Å². The number of methoxy groups -OCH3 is 1. The number of aromatic nitrogens is 1. The number of piperidine rings is 1. The largest absolute Gasteiger partial charge is 0.506 e. The molecule has 1 aliphatic rings. The Morgan fingerprint density at radius 2 is 2.20 bits per heavy atom. The van der Waals surface area contributed by atoms with Crippen molar-refractivity contribution in [1.82, 2.24) is 9.88 Å². The van der Waals surface area contributed by atoms with Gasteiger partial charge in [-0.15, -0.1) is 0 Å².